The van der Waals surface area contributed by atoms with Gasteiger partial charge >= 0.3 is 0 Å². The minimum atomic E-state index is -3.75. The molecule has 152 valence electrons. The molecular formula is C20H26N2O4S2. The molecular weight excluding hydrogens is 396 g/mol. The fraction of sp³-hybridized carbons (Fsp3) is 0.450. The highest BCUT2D eigenvalue weighted by molar-refractivity contribution is 7.89. The molecule has 1 N–H and O–H groups in total. The number of hydrogen-bond donors (Lipinski definition) is 1. The first-order valence-corrected chi connectivity index (χ1v) is 11.6. The summed E-state index contributed by atoms with van der Waals surface area (Å²) >= 11 is 1.56. The van der Waals surface area contributed by atoms with Crippen molar-refractivity contribution in [3.8, 4) is 5.75 Å². The predicted molar refractivity (Wildman–Crippen MR) is 110 cm³/mol. The number of piperidine rings is 1. The molecule has 2 atom stereocenters. The van der Waals surface area contributed by atoms with Crippen molar-refractivity contribution in [2.24, 2.45) is 11.8 Å². The first kappa shape index (κ1) is 20.8. The molecule has 1 amide bonds. The quantitative estimate of drug-likeness (QED) is 0.775. The van der Waals surface area contributed by atoms with E-state index >= 15 is 0 Å². The van der Waals surface area contributed by atoms with E-state index in [-0.39, 0.29) is 16.6 Å². The molecule has 1 fully saturated rings. The molecule has 0 spiro atoms. The van der Waals surface area contributed by atoms with Crippen LogP contribution in [0.15, 0.2) is 40.6 Å². The first-order valence-electron chi connectivity index (χ1n) is 9.30. The molecule has 3 rings (SSSR count). The van der Waals surface area contributed by atoms with E-state index in [1.54, 1.807) is 23.5 Å². The minimum Gasteiger partial charge on any atom is -0.495 e. The normalized spacial score (nSPS) is 20.7. The van der Waals surface area contributed by atoms with Crippen LogP contribution in [0.3, 0.4) is 0 Å². The highest BCUT2D eigenvalue weighted by Gasteiger charge is 2.34. The average molecular weight is 423 g/mol. The van der Waals surface area contributed by atoms with Crippen LogP contribution in [0.25, 0.3) is 0 Å². The largest absolute Gasteiger partial charge is 0.495 e. The number of hydrogen-bond acceptors (Lipinski definition) is 5. The highest BCUT2D eigenvalue weighted by atomic mass is 32.2. The number of ether oxygens (including phenoxy) is 1. The monoisotopic (exact) mass is 422 g/mol. The second-order valence-electron chi connectivity index (χ2n) is 7.40. The van der Waals surface area contributed by atoms with Gasteiger partial charge in [-0.1, -0.05) is 19.9 Å². The van der Waals surface area contributed by atoms with Crippen LogP contribution in [-0.2, 0) is 16.6 Å². The molecule has 28 heavy (non-hydrogen) atoms. The van der Waals surface area contributed by atoms with Crippen LogP contribution in [0.5, 0.6) is 5.75 Å². The van der Waals surface area contributed by atoms with Gasteiger partial charge in [0.15, 0.2) is 0 Å². The second kappa shape index (κ2) is 8.63. The Hall–Kier alpha value is -1.90. The number of nitrogens with one attached hydrogen (secondary N) is 1. The Morgan fingerprint density at radius 1 is 1.25 bits per heavy atom. The lowest BCUT2D eigenvalue weighted by atomic mass is 9.94. The Labute approximate surface area is 170 Å². The first-order chi connectivity index (χ1) is 13.3. The molecule has 2 aromatic rings. The molecule has 8 heteroatoms. The van der Waals surface area contributed by atoms with Gasteiger partial charge in [0, 0.05) is 23.5 Å². The van der Waals surface area contributed by atoms with Crippen LogP contribution < -0.4 is 10.1 Å². The molecule has 0 aliphatic carbocycles. The third-order valence-corrected chi connectivity index (χ3v) is 7.61. The van der Waals surface area contributed by atoms with Gasteiger partial charge in [0.05, 0.1) is 13.7 Å². The summed E-state index contributed by atoms with van der Waals surface area (Å²) in [7, 11) is -2.32. The molecule has 1 aromatic heterocycles. The summed E-state index contributed by atoms with van der Waals surface area (Å²) in [6, 6.07) is 8.41. The fourth-order valence-corrected chi connectivity index (χ4v) is 6.15. The van der Waals surface area contributed by atoms with E-state index in [0.29, 0.717) is 37.0 Å². The van der Waals surface area contributed by atoms with Gasteiger partial charge in [0.1, 0.15) is 10.6 Å². The smallest absolute Gasteiger partial charge is 0.251 e. The number of amides is 1. The lowest BCUT2D eigenvalue weighted by Crippen LogP contribution is -2.42. The molecule has 1 saturated heterocycles. The fourth-order valence-electron chi connectivity index (χ4n) is 3.64. The molecule has 6 nitrogen and oxygen atoms in total. The van der Waals surface area contributed by atoms with Crippen LogP contribution in [0.1, 0.15) is 35.5 Å². The van der Waals surface area contributed by atoms with Crippen molar-refractivity contribution in [2.75, 3.05) is 20.2 Å². The van der Waals surface area contributed by atoms with Gasteiger partial charge in [-0.05, 0) is 47.9 Å². The van der Waals surface area contributed by atoms with E-state index in [9.17, 15) is 13.2 Å². The van der Waals surface area contributed by atoms with E-state index in [2.05, 4.69) is 19.2 Å². The van der Waals surface area contributed by atoms with Crippen LogP contribution in [0, 0.1) is 11.8 Å². The van der Waals surface area contributed by atoms with Gasteiger partial charge in [-0.15, -0.1) is 11.3 Å². The Morgan fingerprint density at radius 3 is 2.57 bits per heavy atom. The molecule has 1 aromatic carbocycles. The molecule has 0 saturated carbocycles. The number of nitrogens with zero attached hydrogens (tertiary/aromatic N) is 1. The zero-order chi connectivity index (χ0) is 20.3. The van der Waals surface area contributed by atoms with Gasteiger partial charge in [-0.2, -0.15) is 4.31 Å². The molecule has 1 aliphatic heterocycles. The maximum Gasteiger partial charge on any atom is 0.251 e. The van der Waals surface area contributed by atoms with Crippen LogP contribution in [0.2, 0.25) is 0 Å². The Kier molecular flexibility index (Phi) is 6.42. The van der Waals surface area contributed by atoms with Crippen molar-refractivity contribution in [2.45, 2.75) is 31.7 Å². The lowest BCUT2D eigenvalue weighted by molar-refractivity contribution is 0.0951. The van der Waals surface area contributed by atoms with E-state index in [4.69, 9.17) is 4.74 Å². The van der Waals surface area contributed by atoms with E-state index in [1.807, 2.05) is 17.5 Å². The predicted octanol–water partition coefficient (Wildman–Crippen LogP) is 3.35. The maximum atomic E-state index is 13.3. The van der Waals surface area contributed by atoms with Crippen molar-refractivity contribution < 1.29 is 17.9 Å². The summed E-state index contributed by atoms with van der Waals surface area (Å²) in [5.41, 5.74) is 0.300. The Balaban J connectivity index is 1.87. The van der Waals surface area contributed by atoms with Crippen LogP contribution >= 0.6 is 11.3 Å². The zero-order valence-corrected chi connectivity index (χ0v) is 18.0. The van der Waals surface area contributed by atoms with Crippen LogP contribution in [-0.4, -0.2) is 38.8 Å². The topological polar surface area (TPSA) is 75.7 Å². The summed E-state index contributed by atoms with van der Waals surface area (Å²) in [6.07, 6.45) is 1.01. The van der Waals surface area contributed by atoms with Gasteiger partial charge in [-0.25, -0.2) is 8.42 Å². The summed E-state index contributed by atoms with van der Waals surface area (Å²) < 4.78 is 33.4. The lowest BCUT2D eigenvalue weighted by Gasteiger charge is -2.34. The van der Waals surface area contributed by atoms with Crippen molar-refractivity contribution in [3.63, 3.8) is 0 Å². The third kappa shape index (κ3) is 4.56. The average Bonchev–Trinajstić information content (AvgIpc) is 3.18. The highest BCUT2D eigenvalue weighted by Crippen LogP contribution is 2.32. The maximum absolute atomic E-state index is 13.3. The molecule has 0 bridgehead atoms. The number of methoxy groups -OCH3 is 1. The van der Waals surface area contributed by atoms with E-state index in [0.717, 1.165) is 11.3 Å². The molecule has 1 aliphatic rings. The number of rotatable bonds is 6. The number of sulfonamides is 1. The summed E-state index contributed by atoms with van der Waals surface area (Å²) in [5, 5.41) is 4.78. The minimum absolute atomic E-state index is 0.0417. The number of benzene rings is 1. The summed E-state index contributed by atoms with van der Waals surface area (Å²) in [6.45, 7) is 5.48. The third-order valence-electron chi connectivity index (χ3n) is 4.88. The van der Waals surface area contributed by atoms with Gasteiger partial charge in [0.2, 0.25) is 10.0 Å². The number of thiophene rings is 1. The zero-order valence-electron chi connectivity index (χ0n) is 16.3. The number of carbonyl (C=O) groups is 1. The van der Waals surface area contributed by atoms with E-state index in [1.165, 1.54) is 17.5 Å². The van der Waals surface area contributed by atoms with Crippen molar-refractivity contribution in [1.82, 2.24) is 9.62 Å². The Bertz CT molecular complexity index is 916. The van der Waals surface area contributed by atoms with Crippen molar-refractivity contribution >= 4 is 27.3 Å². The molecule has 2 unspecified atom stereocenters. The van der Waals surface area contributed by atoms with Crippen LogP contribution in [0.4, 0.5) is 0 Å². The SMILES string of the molecule is COc1ccc(C(=O)NCc2cccs2)cc1S(=O)(=O)N1CC(C)CC(C)C1. The Morgan fingerprint density at radius 2 is 1.96 bits per heavy atom. The number of carbonyl (C=O) groups excluding carboxylic acids is 1. The van der Waals surface area contributed by atoms with Gasteiger partial charge < -0.3 is 10.1 Å². The molecule has 2 heterocycles. The van der Waals surface area contributed by atoms with Gasteiger partial charge in [-0.3, -0.25) is 4.79 Å². The van der Waals surface area contributed by atoms with Crippen molar-refractivity contribution in [1.29, 1.82) is 0 Å². The van der Waals surface area contributed by atoms with Gasteiger partial charge in [0.25, 0.3) is 5.91 Å². The van der Waals surface area contributed by atoms with E-state index < -0.39 is 10.0 Å². The molecule has 0 radical (unpaired) electrons. The standard InChI is InChI=1S/C20H26N2O4S2/c1-14-9-15(2)13-22(12-14)28(24,25)19-10-16(6-7-18(19)26-3)20(23)21-11-17-5-4-8-27-17/h4-8,10,14-15H,9,11-13H2,1-3H3,(H,21,23). The summed E-state index contributed by atoms with van der Waals surface area (Å²) in [5.74, 6) is 0.525. The van der Waals surface area contributed by atoms with Crippen molar-refractivity contribution in [3.05, 3.63) is 46.2 Å². The second-order valence-corrected chi connectivity index (χ2v) is 10.3. The summed E-state index contributed by atoms with van der Waals surface area (Å²) in [4.78, 5) is 13.6.